The molecular weight excluding hydrogens is 302 g/mol. The average molecular weight is 340 g/mol. The zero-order valence-corrected chi connectivity index (χ0v) is 16.1. The number of carbonyl (C=O) groups is 1. The highest BCUT2D eigenvalue weighted by Gasteiger charge is 2.33. The van der Waals surface area contributed by atoms with Gasteiger partial charge in [-0.25, -0.2) is 4.79 Å². The smallest absolute Gasteiger partial charge is 0.410 e. The van der Waals surface area contributed by atoms with Crippen molar-refractivity contribution in [2.75, 3.05) is 32.7 Å². The summed E-state index contributed by atoms with van der Waals surface area (Å²) < 4.78 is 5.60. The van der Waals surface area contributed by atoms with Crippen molar-refractivity contribution >= 4 is 6.09 Å². The minimum Gasteiger partial charge on any atom is -0.444 e. The Bertz CT molecular complexity index is 389. The van der Waals surface area contributed by atoms with Crippen LogP contribution in [0.4, 0.5) is 4.79 Å². The van der Waals surface area contributed by atoms with E-state index in [1.807, 2.05) is 25.7 Å². The molecule has 2 saturated heterocycles. The van der Waals surface area contributed by atoms with Crippen LogP contribution in [-0.2, 0) is 4.74 Å². The van der Waals surface area contributed by atoms with Crippen LogP contribution in [0.25, 0.3) is 0 Å². The van der Waals surface area contributed by atoms with Gasteiger partial charge in [-0.05, 0) is 92.4 Å². The summed E-state index contributed by atoms with van der Waals surface area (Å²) in [6.07, 6.45) is 7.09. The molecule has 2 fully saturated rings. The molecule has 2 heterocycles. The van der Waals surface area contributed by atoms with Crippen molar-refractivity contribution in [1.29, 1.82) is 0 Å². The Kier molecular flexibility index (Phi) is 7.35. The fourth-order valence-corrected chi connectivity index (χ4v) is 3.80. The van der Waals surface area contributed by atoms with E-state index in [9.17, 15) is 4.79 Å². The molecule has 2 aliphatic heterocycles. The van der Waals surface area contributed by atoms with E-state index in [1.54, 1.807) is 0 Å². The minimum atomic E-state index is -0.425. The molecule has 2 atom stereocenters. The third-order valence-corrected chi connectivity index (χ3v) is 5.07. The number of hydrogen-bond acceptors (Lipinski definition) is 4. The molecule has 0 aromatic rings. The molecule has 1 N–H and O–H groups in total. The monoisotopic (exact) mass is 339 g/mol. The van der Waals surface area contributed by atoms with Gasteiger partial charge in [0.25, 0.3) is 0 Å². The molecule has 0 aliphatic carbocycles. The second-order valence-corrected chi connectivity index (χ2v) is 8.38. The third kappa shape index (κ3) is 6.25. The number of amides is 1. The molecule has 2 rings (SSSR count). The van der Waals surface area contributed by atoms with Crippen molar-refractivity contribution in [2.24, 2.45) is 0 Å². The van der Waals surface area contributed by atoms with Crippen LogP contribution in [0.1, 0.15) is 66.2 Å². The van der Waals surface area contributed by atoms with E-state index in [0.717, 1.165) is 25.9 Å². The summed E-state index contributed by atoms with van der Waals surface area (Å²) >= 11 is 0. The van der Waals surface area contributed by atoms with Gasteiger partial charge in [0.1, 0.15) is 5.60 Å². The second kappa shape index (κ2) is 9.04. The lowest BCUT2D eigenvalue weighted by Gasteiger charge is -2.40. The lowest BCUT2D eigenvalue weighted by molar-refractivity contribution is 0.00559. The molecule has 0 radical (unpaired) electrons. The number of nitrogens with one attached hydrogen (secondary N) is 1. The van der Waals surface area contributed by atoms with Gasteiger partial charge in [0, 0.05) is 12.6 Å². The van der Waals surface area contributed by atoms with E-state index in [4.69, 9.17) is 4.74 Å². The van der Waals surface area contributed by atoms with Crippen LogP contribution in [0.3, 0.4) is 0 Å². The van der Waals surface area contributed by atoms with Gasteiger partial charge in [0.15, 0.2) is 0 Å². The largest absolute Gasteiger partial charge is 0.444 e. The zero-order valence-electron chi connectivity index (χ0n) is 16.1. The van der Waals surface area contributed by atoms with Gasteiger partial charge in [0.05, 0.1) is 6.04 Å². The summed E-state index contributed by atoms with van der Waals surface area (Å²) in [6.45, 7) is 13.6. The molecule has 0 spiro atoms. The molecule has 0 aromatic carbocycles. The quantitative estimate of drug-likeness (QED) is 0.755. The van der Waals surface area contributed by atoms with Gasteiger partial charge in [-0.3, -0.25) is 0 Å². The van der Waals surface area contributed by atoms with Crippen LogP contribution >= 0.6 is 0 Å². The Morgan fingerprint density at radius 2 is 1.83 bits per heavy atom. The first-order valence-electron chi connectivity index (χ1n) is 9.82. The van der Waals surface area contributed by atoms with Crippen molar-refractivity contribution in [3.63, 3.8) is 0 Å². The fraction of sp³-hybridized carbons (Fsp3) is 0.947. The first-order chi connectivity index (χ1) is 11.4. The van der Waals surface area contributed by atoms with E-state index < -0.39 is 5.60 Å². The average Bonchev–Trinajstić information content (AvgIpc) is 3.03. The summed E-state index contributed by atoms with van der Waals surface area (Å²) in [6, 6.07) is 0.566. The standard InChI is InChI=1S/C19H37N3O2/c1-16(20-11-9-14-21-12-7-8-13-21)17-10-5-6-15-22(17)18(23)24-19(2,3)4/h16-17,20H,5-15H2,1-4H3. The van der Waals surface area contributed by atoms with E-state index in [2.05, 4.69) is 17.1 Å². The number of carbonyl (C=O) groups excluding carboxylic acids is 1. The topological polar surface area (TPSA) is 44.8 Å². The Morgan fingerprint density at radius 1 is 1.17 bits per heavy atom. The predicted octanol–water partition coefficient (Wildman–Crippen LogP) is 3.24. The molecule has 2 aliphatic rings. The molecule has 24 heavy (non-hydrogen) atoms. The molecule has 5 nitrogen and oxygen atoms in total. The van der Waals surface area contributed by atoms with Crippen LogP contribution in [0.5, 0.6) is 0 Å². The highest BCUT2D eigenvalue weighted by Crippen LogP contribution is 2.22. The molecule has 1 amide bonds. The van der Waals surface area contributed by atoms with Crippen LogP contribution in [0.15, 0.2) is 0 Å². The zero-order chi connectivity index (χ0) is 17.6. The number of piperidine rings is 1. The van der Waals surface area contributed by atoms with Crippen LogP contribution < -0.4 is 5.32 Å². The molecule has 0 aromatic heterocycles. The normalized spacial score (nSPS) is 24.2. The van der Waals surface area contributed by atoms with E-state index in [1.165, 1.54) is 45.3 Å². The Balaban J connectivity index is 1.76. The summed E-state index contributed by atoms with van der Waals surface area (Å²) in [5, 5.41) is 3.65. The number of nitrogens with zero attached hydrogens (tertiary/aromatic N) is 2. The summed E-state index contributed by atoms with van der Waals surface area (Å²) in [7, 11) is 0. The molecule has 5 heteroatoms. The lowest BCUT2D eigenvalue weighted by Crippen LogP contribution is -2.54. The van der Waals surface area contributed by atoms with E-state index >= 15 is 0 Å². The fourth-order valence-electron chi connectivity index (χ4n) is 3.80. The van der Waals surface area contributed by atoms with Crippen molar-refractivity contribution in [1.82, 2.24) is 15.1 Å². The molecule has 140 valence electrons. The number of hydrogen-bond donors (Lipinski definition) is 1. The Labute approximate surface area is 148 Å². The van der Waals surface area contributed by atoms with Crippen LogP contribution in [0.2, 0.25) is 0 Å². The van der Waals surface area contributed by atoms with Gasteiger partial charge in [-0.2, -0.15) is 0 Å². The first-order valence-corrected chi connectivity index (χ1v) is 9.82. The van der Waals surface area contributed by atoms with Crippen molar-refractivity contribution in [3.05, 3.63) is 0 Å². The Morgan fingerprint density at radius 3 is 2.50 bits per heavy atom. The maximum Gasteiger partial charge on any atom is 0.410 e. The predicted molar refractivity (Wildman–Crippen MR) is 98.3 cm³/mol. The summed E-state index contributed by atoms with van der Waals surface area (Å²) in [5.74, 6) is 0. The van der Waals surface area contributed by atoms with Gasteiger partial charge in [-0.1, -0.05) is 0 Å². The van der Waals surface area contributed by atoms with E-state index in [-0.39, 0.29) is 12.1 Å². The highest BCUT2D eigenvalue weighted by molar-refractivity contribution is 5.68. The molecule has 2 unspecified atom stereocenters. The summed E-state index contributed by atoms with van der Waals surface area (Å²) in [5.41, 5.74) is -0.425. The SMILES string of the molecule is CC(NCCCN1CCCC1)C1CCCCN1C(=O)OC(C)(C)C. The minimum absolute atomic E-state index is 0.155. The maximum absolute atomic E-state index is 12.5. The van der Waals surface area contributed by atoms with Crippen molar-refractivity contribution in [2.45, 2.75) is 83.9 Å². The maximum atomic E-state index is 12.5. The first kappa shape index (κ1) is 19.5. The van der Waals surface area contributed by atoms with Crippen molar-refractivity contribution in [3.8, 4) is 0 Å². The molecule has 0 bridgehead atoms. The van der Waals surface area contributed by atoms with Crippen molar-refractivity contribution < 1.29 is 9.53 Å². The lowest BCUT2D eigenvalue weighted by atomic mass is 9.97. The Hall–Kier alpha value is -0.810. The highest BCUT2D eigenvalue weighted by atomic mass is 16.6. The van der Waals surface area contributed by atoms with E-state index in [0.29, 0.717) is 6.04 Å². The number of ether oxygens (including phenoxy) is 1. The number of rotatable bonds is 6. The molecular formula is C19H37N3O2. The summed E-state index contributed by atoms with van der Waals surface area (Å²) in [4.78, 5) is 17.0. The van der Waals surface area contributed by atoms with Gasteiger partial charge >= 0.3 is 6.09 Å². The van der Waals surface area contributed by atoms with Crippen LogP contribution in [0, 0.1) is 0 Å². The van der Waals surface area contributed by atoms with Gasteiger partial charge < -0.3 is 19.9 Å². The second-order valence-electron chi connectivity index (χ2n) is 8.38. The third-order valence-electron chi connectivity index (χ3n) is 5.07. The van der Waals surface area contributed by atoms with Gasteiger partial charge in [-0.15, -0.1) is 0 Å². The number of likely N-dealkylation sites (tertiary alicyclic amines) is 2. The molecule has 0 saturated carbocycles. The van der Waals surface area contributed by atoms with Crippen LogP contribution in [-0.4, -0.2) is 66.3 Å². The van der Waals surface area contributed by atoms with Gasteiger partial charge in [0.2, 0.25) is 0 Å².